The van der Waals surface area contributed by atoms with E-state index in [2.05, 4.69) is 20.5 Å². The van der Waals surface area contributed by atoms with Crippen LogP contribution in [0.5, 0.6) is 0 Å². The predicted octanol–water partition coefficient (Wildman–Crippen LogP) is 1.49. The van der Waals surface area contributed by atoms with E-state index in [0.717, 1.165) is 49.8 Å². The van der Waals surface area contributed by atoms with Crippen molar-refractivity contribution in [2.45, 2.75) is 31.7 Å². The van der Waals surface area contributed by atoms with E-state index in [1.54, 1.807) is 6.20 Å². The molecule has 27 heavy (non-hydrogen) atoms. The van der Waals surface area contributed by atoms with Crippen molar-refractivity contribution in [3.63, 3.8) is 0 Å². The van der Waals surface area contributed by atoms with Gasteiger partial charge in [-0.15, -0.1) is 0 Å². The highest BCUT2D eigenvalue weighted by atomic mass is 16.2. The molecule has 0 spiro atoms. The lowest BCUT2D eigenvalue weighted by Crippen LogP contribution is -2.33. The Bertz CT molecular complexity index is 795. The Kier molecular flexibility index (Phi) is 6.73. The number of unbranched alkanes of at least 4 members (excludes halogenated alkanes) is 1. The molecule has 4 N–H and O–H groups in total. The second-order valence-corrected chi connectivity index (χ2v) is 7.05. The standard InChI is InChI=1S/C20H27N5O2/c21-16-8-10-25(14-16)9-4-3-7-19(26)23-13-20(27)24-17-11-15-5-1-2-6-18(15)22-12-17/h1-2,5-6,11-12,16H,3-4,7-10,13-14,21H2,(H,23,26)(H,24,27). The van der Waals surface area contributed by atoms with Crippen LogP contribution < -0.4 is 16.4 Å². The van der Waals surface area contributed by atoms with Gasteiger partial charge in [-0.1, -0.05) is 18.2 Å². The minimum Gasteiger partial charge on any atom is -0.347 e. The summed E-state index contributed by atoms with van der Waals surface area (Å²) in [5.41, 5.74) is 7.38. The third-order valence-electron chi connectivity index (χ3n) is 4.76. The summed E-state index contributed by atoms with van der Waals surface area (Å²) >= 11 is 0. The van der Waals surface area contributed by atoms with Gasteiger partial charge >= 0.3 is 0 Å². The molecule has 0 saturated carbocycles. The highest BCUT2D eigenvalue weighted by Gasteiger charge is 2.18. The number of anilines is 1. The smallest absolute Gasteiger partial charge is 0.243 e. The summed E-state index contributed by atoms with van der Waals surface area (Å²) in [5.74, 6) is -0.355. The molecule has 1 unspecified atom stereocenters. The zero-order valence-electron chi connectivity index (χ0n) is 15.5. The van der Waals surface area contributed by atoms with Crippen LogP contribution in [0.3, 0.4) is 0 Å². The molecule has 1 aromatic heterocycles. The monoisotopic (exact) mass is 369 g/mol. The van der Waals surface area contributed by atoms with Crippen LogP contribution in [0.25, 0.3) is 10.9 Å². The Morgan fingerprint density at radius 2 is 2.07 bits per heavy atom. The lowest BCUT2D eigenvalue weighted by atomic mass is 10.2. The lowest BCUT2D eigenvalue weighted by Gasteiger charge is -2.14. The molecule has 0 aliphatic carbocycles. The number of pyridine rings is 1. The first-order valence-electron chi connectivity index (χ1n) is 9.49. The van der Waals surface area contributed by atoms with Crippen LogP contribution in [0.1, 0.15) is 25.7 Å². The van der Waals surface area contributed by atoms with Gasteiger partial charge in [0.05, 0.1) is 23.9 Å². The topological polar surface area (TPSA) is 100 Å². The van der Waals surface area contributed by atoms with Gasteiger partial charge in [0.1, 0.15) is 0 Å². The largest absolute Gasteiger partial charge is 0.347 e. The van der Waals surface area contributed by atoms with Crippen molar-refractivity contribution in [1.29, 1.82) is 0 Å². The van der Waals surface area contributed by atoms with Gasteiger partial charge in [-0.3, -0.25) is 14.6 Å². The number of carbonyl (C=O) groups excluding carboxylic acids is 2. The van der Waals surface area contributed by atoms with Gasteiger partial charge < -0.3 is 21.3 Å². The van der Waals surface area contributed by atoms with Crippen molar-refractivity contribution >= 4 is 28.4 Å². The number of carbonyl (C=O) groups is 2. The number of nitrogens with zero attached hydrogens (tertiary/aromatic N) is 2. The number of amides is 2. The number of para-hydroxylation sites is 1. The Hall–Kier alpha value is -2.51. The van der Waals surface area contributed by atoms with Crippen LogP contribution in [0.15, 0.2) is 36.5 Å². The maximum atomic E-state index is 12.0. The van der Waals surface area contributed by atoms with E-state index in [4.69, 9.17) is 5.73 Å². The maximum absolute atomic E-state index is 12.0. The molecule has 7 nitrogen and oxygen atoms in total. The van der Waals surface area contributed by atoms with Crippen LogP contribution in [0, 0.1) is 0 Å². The first kappa shape index (κ1) is 19.3. The molecular weight excluding hydrogens is 342 g/mol. The van der Waals surface area contributed by atoms with Crippen LogP contribution in [0.2, 0.25) is 0 Å². The van der Waals surface area contributed by atoms with Crippen molar-refractivity contribution < 1.29 is 9.59 Å². The summed E-state index contributed by atoms with van der Waals surface area (Å²) in [6.45, 7) is 2.95. The summed E-state index contributed by atoms with van der Waals surface area (Å²) in [7, 11) is 0. The number of hydrogen-bond acceptors (Lipinski definition) is 5. The van der Waals surface area contributed by atoms with E-state index in [0.29, 0.717) is 18.2 Å². The summed E-state index contributed by atoms with van der Waals surface area (Å²) in [5, 5.41) is 6.39. The number of hydrogen-bond donors (Lipinski definition) is 3. The highest BCUT2D eigenvalue weighted by molar-refractivity contribution is 5.96. The maximum Gasteiger partial charge on any atom is 0.243 e. The number of benzene rings is 1. The Balaban J connectivity index is 1.32. The molecule has 1 aliphatic heterocycles. The molecule has 3 rings (SSSR count). The van der Waals surface area contributed by atoms with E-state index in [1.165, 1.54) is 0 Å². The molecule has 1 saturated heterocycles. The average Bonchev–Trinajstić information content (AvgIpc) is 3.08. The highest BCUT2D eigenvalue weighted by Crippen LogP contribution is 2.15. The Morgan fingerprint density at radius 3 is 2.89 bits per heavy atom. The van der Waals surface area contributed by atoms with E-state index in [9.17, 15) is 9.59 Å². The summed E-state index contributed by atoms with van der Waals surface area (Å²) in [4.78, 5) is 30.5. The molecule has 1 aliphatic rings. The van der Waals surface area contributed by atoms with Gasteiger partial charge in [0.25, 0.3) is 0 Å². The van der Waals surface area contributed by atoms with Crippen LogP contribution >= 0.6 is 0 Å². The molecule has 1 atom stereocenters. The molecular formula is C20H27N5O2. The fraction of sp³-hybridized carbons (Fsp3) is 0.450. The zero-order chi connectivity index (χ0) is 19.1. The second-order valence-electron chi connectivity index (χ2n) is 7.05. The Labute approximate surface area is 159 Å². The van der Waals surface area contributed by atoms with Gasteiger partial charge in [-0.05, 0) is 44.5 Å². The first-order chi connectivity index (χ1) is 13.1. The van der Waals surface area contributed by atoms with Gasteiger partial charge in [-0.2, -0.15) is 0 Å². The van der Waals surface area contributed by atoms with Crippen molar-refractivity contribution in [2.75, 3.05) is 31.5 Å². The fourth-order valence-corrected chi connectivity index (χ4v) is 3.30. The molecule has 0 bridgehead atoms. The van der Waals surface area contributed by atoms with Crippen molar-refractivity contribution in [2.24, 2.45) is 5.73 Å². The number of nitrogens with one attached hydrogen (secondary N) is 2. The third kappa shape index (κ3) is 6.01. The van der Waals surface area contributed by atoms with E-state index in [-0.39, 0.29) is 18.4 Å². The third-order valence-corrected chi connectivity index (χ3v) is 4.76. The van der Waals surface area contributed by atoms with E-state index >= 15 is 0 Å². The number of nitrogens with two attached hydrogens (primary N) is 1. The SMILES string of the molecule is NC1CCN(CCCCC(=O)NCC(=O)Nc2cnc3ccccc3c2)C1. The van der Waals surface area contributed by atoms with Gasteiger partial charge in [0.15, 0.2) is 0 Å². The molecule has 144 valence electrons. The molecule has 2 aromatic rings. The average molecular weight is 369 g/mol. The lowest BCUT2D eigenvalue weighted by molar-refractivity contribution is -0.124. The van der Waals surface area contributed by atoms with Crippen molar-refractivity contribution in [1.82, 2.24) is 15.2 Å². The zero-order valence-corrected chi connectivity index (χ0v) is 15.5. The molecule has 2 heterocycles. The molecule has 2 amide bonds. The summed E-state index contributed by atoms with van der Waals surface area (Å²) < 4.78 is 0. The molecule has 7 heteroatoms. The van der Waals surface area contributed by atoms with Crippen LogP contribution in [-0.2, 0) is 9.59 Å². The summed E-state index contributed by atoms with van der Waals surface area (Å²) in [6, 6.07) is 9.86. The van der Waals surface area contributed by atoms with Gasteiger partial charge in [0, 0.05) is 24.4 Å². The van der Waals surface area contributed by atoms with E-state index < -0.39 is 0 Å². The second kappa shape index (κ2) is 9.43. The number of fused-ring (bicyclic) bond motifs is 1. The fourth-order valence-electron chi connectivity index (χ4n) is 3.30. The quantitative estimate of drug-likeness (QED) is 0.612. The first-order valence-corrected chi connectivity index (χ1v) is 9.49. The van der Waals surface area contributed by atoms with Gasteiger partial charge in [0.2, 0.25) is 11.8 Å². The predicted molar refractivity (Wildman–Crippen MR) is 106 cm³/mol. The number of aromatic nitrogens is 1. The van der Waals surface area contributed by atoms with E-state index in [1.807, 2.05) is 30.3 Å². The Morgan fingerprint density at radius 1 is 1.22 bits per heavy atom. The van der Waals surface area contributed by atoms with Crippen molar-refractivity contribution in [3.05, 3.63) is 36.5 Å². The minimum absolute atomic E-state index is 0.0351. The number of likely N-dealkylation sites (tertiary alicyclic amines) is 1. The van der Waals surface area contributed by atoms with Gasteiger partial charge in [-0.25, -0.2) is 0 Å². The summed E-state index contributed by atoms with van der Waals surface area (Å²) in [6.07, 6.45) is 4.89. The van der Waals surface area contributed by atoms with Crippen LogP contribution in [0.4, 0.5) is 5.69 Å². The molecule has 0 radical (unpaired) electrons. The minimum atomic E-state index is -0.258. The number of rotatable bonds is 8. The van der Waals surface area contributed by atoms with Crippen LogP contribution in [-0.4, -0.2) is 53.9 Å². The molecule has 1 fully saturated rings. The van der Waals surface area contributed by atoms with Crippen molar-refractivity contribution in [3.8, 4) is 0 Å². The normalized spacial score (nSPS) is 17.1. The molecule has 1 aromatic carbocycles.